The summed E-state index contributed by atoms with van der Waals surface area (Å²) in [5.74, 6) is 1.55. The molecule has 118 valence electrons. The summed E-state index contributed by atoms with van der Waals surface area (Å²) in [4.78, 5) is 26.8. The Morgan fingerprint density at radius 3 is 2.91 bits per heavy atom. The van der Waals surface area contributed by atoms with E-state index in [2.05, 4.69) is 26.8 Å². The molecule has 1 amide bonds. The molecule has 1 aliphatic rings. The van der Waals surface area contributed by atoms with Gasteiger partial charge in [-0.05, 0) is 31.1 Å². The minimum Gasteiger partial charge on any atom is -0.339 e. The number of amides is 1. The van der Waals surface area contributed by atoms with Gasteiger partial charge in [-0.2, -0.15) is 0 Å². The number of hydrogen-bond acceptors (Lipinski definition) is 5. The molecule has 0 saturated carbocycles. The van der Waals surface area contributed by atoms with Crippen molar-refractivity contribution < 1.29 is 4.79 Å². The van der Waals surface area contributed by atoms with Crippen LogP contribution in [0.25, 0.3) is 0 Å². The number of aromatic nitrogens is 3. The van der Waals surface area contributed by atoms with E-state index in [-0.39, 0.29) is 11.8 Å². The van der Waals surface area contributed by atoms with E-state index in [1.54, 1.807) is 18.6 Å². The van der Waals surface area contributed by atoms with E-state index in [1.165, 1.54) is 6.08 Å². The van der Waals surface area contributed by atoms with Gasteiger partial charge in [-0.25, -0.2) is 9.97 Å². The number of carbonyl (C=O) groups excluding carboxylic acids is 1. The van der Waals surface area contributed by atoms with Gasteiger partial charge in [0.15, 0.2) is 5.82 Å². The lowest BCUT2D eigenvalue weighted by molar-refractivity contribution is -0.127. The lowest BCUT2D eigenvalue weighted by Crippen LogP contribution is -2.38. The van der Waals surface area contributed by atoms with E-state index in [4.69, 9.17) is 0 Å². The van der Waals surface area contributed by atoms with Gasteiger partial charge in [0.25, 0.3) is 0 Å². The van der Waals surface area contributed by atoms with Gasteiger partial charge in [-0.3, -0.25) is 9.78 Å². The van der Waals surface area contributed by atoms with Gasteiger partial charge in [0.1, 0.15) is 5.82 Å². The van der Waals surface area contributed by atoms with Crippen molar-refractivity contribution >= 4 is 17.5 Å². The van der Waals surface area contributed by atoms with Crippen molar-refractivity contribution in [3.05, 3.63) is 55.1 Å². The normalized spacial score (nSPS) is 17.6. The SMILES string of the molecule is C=CC(=O)N1CCC[C@H](c2nccnc2Nc2ccccn2)C1. The lowest BCUT2D eigenvalue weighted by atomic mass is 9.94. The number of rotatable bonds is 4. The first-order chi connectivity index (χ1) is 11.3. The summed E-state index contributed by atoms with van der Waals surface area (Å²) in [7, 11) is 0. The van der Waals surface area contributed by atoms with Gasteiger partial charge < -0.3 is 10.2 Å². The predicted octanol–water partition coefficient (Wildman–Crippen LogP) is 2.51. The van der Waals surface area contributed by atoms with E-state index < -0.39 is 0 Å². The monoisotopic (exact) mass is 309 g/mol. The van der Waals surface area contributed by atoms with Crippen molar-refractivity contribution in [1.82, 2.24) is 19.9 Å². The molecular formula is C17H19N5O. The molecule has 0 aliphatic carbocycles. The van der Waals surface area contributed by atoms with Crippen LogP contribution < -0.4 is 5.32 Å². The Kier molecular flexibility index (Phi) is 4.61. The Labute approximate surface area is 135 Å². The topological polar surface area (TPSA) is 71.0 Å². The number of likely N-dealkylation sites (tertiary alicyclic amines) is 1. The smallest absolute Gasteiger partial charge is 0.245 e. The van der Waals surface area contributed by atoms with Crippen LogP contribution in [0, 0.1) is 0 Å². The zero-order valence-electron chi connectivity index (χ0n) is 12.9. The fourth-order valence-corrected chi connectivity index (χ4v) is 2.83. The number of nitrogens with one attached hydrogen (secondary N) is 1. The summed E-state index contributed by atoms with van der Waals surface area (Å²) in [5.41, 5.74) is 0.875. The van der Waals surface area contributed by atoms with Crippen LogP contribution in [-0.2, 0) is 4.79 Å². The van der Waals surface area contributed by atoms with Crippen molar-refractivity contribution in [2.75, 3.05) is 18.4 Å². The number of pyridine rings is 1. The molecule has 3 heterocycles. The first-order valence-electron chi connectivity index (χ1n) is 7.68. The number of hydrogen-bond donors (Lipinski definition) is 1. The Morgan fingerprint density at radius 2 is 2.13 bits per heavy atom. The predicted molar refractivity (Wildman–Crippen MR) is 88.3 cm³/mol. The lowest BCUT2D eigenvalue weighted by Gasteiger charge is -2.32. The van der Waals surface area contributed by atoms with Crippen LogP contribution in [-0.4, -0.2) is 38.8 Å². The number of piperidine rings is 1. The highest BCUT2D eigenvalue weighted by Crippen LogP contribution is 2.30. The van der Waals surface area contributed by atoms with E-state index in [0.29, 0.717) is 12.4 Å². The molecule has 3 rings (SSSR count). The van der Waals surface area contributed by atoms with Gasteiger partial charge in [0, 0.05) is 37.6 Å². The van der Waals surface area contributed by atoms with E-state index >= 15 is 0 Å². The average Bonchev–Trinajstić information content (AvgIpc) is 2.62. The maximum Gasteiger partial charge on any atom is 0.245 e. The first kappa shape index (κ1) is 15.1. The molecule has 23 heavy (non-hydrogen) atoms. The van der Waals surface area contributed by atoms with Crippen molar-refractivity contribution in [2.45, 2.75) is 18.8 Å². The third-order valence-electron chi connectivity index (χ3n) is 3.93. The first-order valence-corrected chi connectivity index (χ1v) is 7.68. The summed E-state index contributed by atoms with van der Waals surface area (Å²) >= 11 is 0. The molecule has 2 aromatic rings. The Balaban J connectivity index is 1.82. The zero-order chi connectivity index (χ0) is 16.1. The fourth-order valence-electron chi connectivity index (χ4n) is 2.83. The molecule has 0 bridgehead atoms. The highest BCUT2D eigenvalue weighted by Gasteiger charge is 2.26. The van der Waals surface area contributed by atoms with Crippen molar-refractivity contribution in [3.8, 4) is 0 Å². The Hall–Kier alpha value is -2.76. The highest BCUT2D eigenvalue weighted by molar-refractivity contribution is 5.87. The molecule has 1 N–H and O–H groups in total. The van der Waals surface area contributed by atoms with Crippen LogP contribution in [0.1, 0.15) is 24.5 Å². The summed E-state index contributed by atoms with van der Waals surface area (Å²) in [6, 6.07) is 5.66. The van der Waals surface area contributed by atoms with Gasteiger partial charge in [-0.1, -0.05) is 12.6 Å². The van der Waals surface area contributed by atoms with Crippen LogP contribution in [0.3, 0.4) is 0 Å². The molecule has 0 unspecified atom stereocenters. The molecule has 1 aliphatic heterocycles. The van der Waals surface area contributed by atoms with Gasteiger partial charge in [0.05, 0.1) is 5.69 Å². The molecule has 1 atom stereocenters. The van der Waals surface area contributed by atoms with Gasteiger partial charge >= 0.3 is 0 Å². The number of anilines is 2. The molecule has 0 spiro atoms. The van der Waals surface area contributed by atoms with Crippen molar-refractivity contribution in [1.29, 1.82) is 0 Å². The molecular weight excluding hydrogens is 290 g/mol. The number of nitrogens with zero attached hydrogens (tertiary/aromatic N) is 4. The third-order valence-corrected chi connectivity index (χ3v) is 3.93. The second-order valence-electron chi connectivity index (χ2n) is 5.46. The molecule has 1 saturated heterocycles. The number of carbonyl (C=O) groups is 1. The maximum absolute atomic E-state index is 11.9. The molecule has 1 fully saturated rings. The molecule has 2 aromatic heterocycles. The minimum atomic E-state index is -0.0298. The molecule has 6 nitrogen and oxygen atoms in total. The fraction of sp³-hybridized carbons (Fsp3) is 0.294. The largest absolute Gasteiger partial charge is 0.339 e. The van der Waals surface area contributed by atoms with Crippen LogP contribution in [0.2, 0.25) is 0 Å². The summed E-state index contributed by atoms with van der Waals surface area (Å²) < 4.78 is 0. The summed E-state index contributed by atoms with van der Waals surface area (Å²) in [5, 5.41) is 3.22. The van der Waals surface area contributed by atoms with Crippen LogP contribution >= 0.6 is 0 Å². The minimum absolute atomic E-state index is 0.0298. The van der Waals surface area contributed by atoms with E-state index in [0.717, 1.165) is 30.9 Å². The second kappa shape index (κ2) is 7.00. The third kappa shape index (κ3) is 3.53. The van der Waals surface area contributed by atoms with Crippen LogP contribution in [0.15, 0.2) is 49.4 Å². The second-order valence-corrected chi connectivity index (χ2v) is 5.46. The van der Waals surface area contributed by atoms with Crippen molar-refractivity contribution in [2.24, 2.45) is 0 Å². The average molecular weight is 309 g/mol. The highest BCUT2D eigenvalue weighted by atomic mass is 16.2. The Morgan fingerprint density at radius 1 is 1.26 bits per heavy atom. The molecule has 0 aromatic carbocycles. The zero-order valence-corrected chi connectivity index (χ0v) is 12.9. The summed E-state index contributed by atoms with van der Waals surface area (Å²) in [6.45, 7) is 4.97. The van der Waals surface area contributed by atoms with Crippen LogP contribution in [0.4, 0.5) is 11.6 Å². The maximum atomic E-state index is 11.9. The van der Waals surface area contributed by atoms with Crippen molar-refractivity contribution in [3.63, 3.8) is 0 Å². The Bertz CT molecular complexity index is 688. The van der Waals surface area contributed by atoms with Crippen LogP contribution in [0.5, 0.6) is 0 Å². The van der Waals surface area contributed by atoms with Gasteiger partial charge in [0.2, 0.25) is 5.91 Å². The van der Waals surface area contributed by atoms with E-state index in [1.807, 2.05) is 23.1 Å². The standard InChI is InChI=1S/C17H19N5O/c1-2-15(23)22-11-5-6-13(12-22)16-17(20-10-9-19-16)21-14-7-3-4-8-18-14/h2-4,7-10,13H,1,5-6,11-12H2,(H,18,20,21)/t13-/m0/s1. The quantitative estimate of drug-likeness (QED) is 0.879. The molecule has 0 radical (unpaired) electrons. The summed E-state index contributed by atoms with van der Waals surface area (Å²) in [6.07, 6.45) is 8.37. The molecule has 6 heteroatoms. The van der Waals surface area contributed by atoms with E-state index in [9.17, 15) is 4.79 Å². The van der Waals surface area contributed by atoms with Gasteiger partial charge in [-0.15, -0.1) is 0 Å².